The molecule has 1 saturated carbocycles. The zero-order valence-electron chi connectivity index (χ0n) is 21.0. The highest BCUT2D eigenvalue weighted by atomic mass is 32.2. The molecule has 0 saturated heterocycles. The van der Waals surface area contributed by atoms with Crippen molar-refractivity contribution < 1.29 is 19.1 Å². The largest absolute Gasteiger partial charge is 0.480 e. The number of nitrogens with one attached hydrogen (secondary N) is 1. The number of hydrogen-bond acceptors (Lipinski definition) is 4. The van der Waals surface area contributed by atoms with Gasteiger partial charge in [-0.05, 0) is 66.8 Å². The van der Waals surface area contributed by atoms with E-state index in [4.69, 9.17) is 0 Å². The number of carbonyl (C=O) groups excluding carboxylic acids is 1. The first-order valence-corrected chi connectivity index (χ1v) is 13.6. The van der Waals surface area contributed by atoms with Crippen LogP contribution in [0, 0.1) is 5.82 Å². The molecule has 5 nitrogen and oxygen atoms in total. The second-order valence-electron chi connectivity index (χ2n) is 9.54. The topological polar surface area (TPSA) is 69.6 Å². The van der Waals surface area contributed by atoms with E-state index in [0.29, 0.717) is 17.4 Å². The summed E-state index contributed by atoms with van der Waals surface area (Å²) in [5, 5.41) is 13.0. The second kappa shape index (κ2) is 12.9. The van der Waals surface area contributed by atoms with Crippen LogP contribution in [-0.2, 0) is 17.8 Å². The molecule has 0 spiro atoms. The van der Waals surface area contributed by atoms with Gasteiger partial charge in [0.2, 0.25) is 0 Å². The monoisotopic (exact) mass is 520 g/mol. The predicted octanol–water partition coefficient (Wildman–Crippen LogP) is 5.79. The van der Waals surface area contributed by atoms with Gasteiger partial charge in [-0.3, -0.25) is 9.59 Å². The average molecular weight is 521 g/mol. The van der Waals surface area contributed by atoms with Gasteiger partial charge in [-0.25, -0.2) is 4.39 Å². The number of thioether (sulfide) groups is 1. The van der Waals surface area contributed by atoms with Crippen molar-refractivity contribution in [3.05, 3.63) is 101 Å². The zero-order chi connectivity index (χ0) is 26.2. The van der Waals surface area contributed by atoms with Gasteiger partial charge in [0, 0.05) is 35.3 Å². The summed E-state index contributed by atoms with van der Waals surface area (Å²) in [6.45, 7) is 0.322. The standard InChI is InChI=1S/C30H33FN2O3S/c1-33(27-9-5-6-10-28(27)37-25-7-3-2-4-8-25)29(34)23-15-11-21(12-16-23)19-26(30(35)36)32-20-22-13-17-24(31)18-14-22/h2-4,7-8,11-18,26-28,32H,5-6,9-10,19-20H2,1H3,(H,35,36). The Kier molecular flexibility index (Phi) is 9.36. The number of carbonyl (C=O) groups is 2. The minimum Gasteiger partial charge on any atom is -0.480 e. The lowest BCUT2D eigenvalue weighted by molar-refractivity contribution is -0.139. The summed E-state index contributed by atoms with van der Waals surface area (Å²) in [6.07, 6.45) is 4.65. The molecule has 0 heterocycles. The third-order valence-corrected chi connectivity index (χ3v) is 8.32. The minimum atomic E-state index is -0.957. The number of carboxylic acids is 1. The number of halogens is 1. The summed E-state index contributed by atoms with van der Waals surface area (Å²) in [4.78, 5) is 28.3. The SMILES string of the molecule is CN(C(=O)c1ccc(CC(NCc2ccc(F)cc2)C(=O)O)cc1)C1CCCCC1Sc1ccccc1. The lowest BCUT2D eigenvalue weighted by Crippen LogP contribution is -2.45. The Labute approximate surface area is 222 Å². The molecule has 1 amide bonds. The maximum atomic E-state index is 13.4. The Morgan fingerprint density at radius 1 is 0.973 bits per heavy atom. The van der Waals surface area contributed by atoms with E-state index in [1.165, 1.54) is 23.4 Å². The molecule has 3 aromatic carbocycles. The van der Waals surface area contributed by atoms with Crippen LogP contribution in [0.15, 0.2) is 83.8 Å². The number of rotatable bonds is 10. The van der Waals surface area contributed by atoms with E-state index < -0.39 is 12.0 Å². The van der Waals surface area contributed by atoms with E-state index in [0.717, 1.165) is 30.4 Å². The normalized spacial score (nSPS) is 18.2. The minimum absolute atomic E-state index is 0.0127. The van der Waals surface area contributed by atoms with Crippen molar-refractivity contribution in [2.24, 2.45) is 0 Å². The molecule has 0 aromatic heterocycles. The van der Waals surface area contributed by atoms with Gasteiger partial charge in [-0.2, -0.15) is 0 Å². The molecule has 37 heavy (non-hydrogen) atoms. The van der Waals surface area contributed by atoms with Crippen molar-refractivity contribution in [3.8, 4) is 0 Å². The quantitative estimate of drug-likeness (QED) is 0.354. The lowest BCUT2D eigenvalue weighted by atomic mass is 9.93. The van der Waals surface area contributed by atoms with Gasteiger partial charge in [-0.1, -0.05) is 55.3 Å². The average Bonchev–Trinajstić information content (AvgIpc) is 2.92. The third-order valence-electron chi connectivity index (χ3n) is 6.92. The van der Waals surface area contributed by atoms with Crippen LogP contribution >= 0.6 is 11.8 Å². The van der Waals surface area contributed by atoms with Crippen molar-refractivity contribution in [2.45, 2.75) is 60.9 Å². The van der Waals surface area contributed by atoms with Crippen LogP contribution in [0.5, 0.6) is 0 Å². The molecule has 3 unspecified atom stereocenters. The first-order valence-electron chi connectivity index (χ1n) is 12.7. The zero-order valence-corrected chi connectivity index (χ0v) is 21.8. The summed E-state index contributed by atoms with van der Waals surface area (Å²) >= 11 is 1.85. The molecule has 194 valence electrons. The molecule has 1 aliphatic rings. The third kappa shape index (κ3) is 7.43. The highest BCUT2D eigenvalue weighted by Gasteiger charge is 2.32. The van der Waals surface area contributed by atoms with Crippen LogP contribution in [0.1, 0.15) is 47.2 Å². The van der Waals surface area contributed by atoms with Crippen LogP contribution in [0.2, 0.25) is 0 Å². The van der Waals surface area contributed by atoms with Gasteiger partial charge >= 0.3 is 5.97 Å². The second-order valence-corrected chi connectivity index (χ2v) is 10.8. The number of nitrogens with zero attached hydrogens (tertiary/aromatic N) is 1. The summed E-state index contributed by atoms with van der Waals surface area (Å²) in [6, 6.07) is 22.9. The maximum Gasteiger partial charge on any atom is 0.321 e. The Hall–Kier alpha value is -3.16. The van der Waals surface area contributed by atoms with Crippen LogP contribution in [0.25, 0.3) is 0 Å². The highest BCUT2D eigenvalue weighted by molar-refractivity contribution is 8.00. The molecule has 7 heteroatoms. The number of aliphatic carboxylic acids is 1. The van der Waals surface area contributed by atoms with E-state index >= 15 is 0 Å². The van der Waals surface area contributed by atoms with E-state index in [-0.39, 0.29) is 24.2 Å². The van der Waals surface area contributed by atoms with E-state index in [2.05, 4.69) is 17.4 Å². The van der Waals surface area contributed by atoms with E-state index in [1.54, 1.807) is 24.3 Å². The molecule has 2 N–H and O–H groups in total. The van der Waals surface area contributed by atoms with E-state index in [9.17, 15) is 19.1 Å². The molecular formula is C30H33FN2O3S. The van der Waals surface area contributed by atoms with Crippen LogP contribution < -0.4 is 5.32 Å². The molecule has 1 fully saturated rings. The fourth-order valence-corrected chi connectivity index (χ4v) is 6.22. The Balaban J connectivity index is 1.37. The highest BCUT2D eigenvalue weighted by Crippen LogP contribution is 2.36. The number of amides is 1. The first-order chi connectivity index (χ1) is 17.9. The van der Waals surface area contributed by atoms with E-state index in [1.807, 2.05) is 54.0 Å². The maximum absolute atomic E-state index is 13.4. The van der Waals surface area contributed by atoms with Crippen LogP contribution in [-0.4, -0.2) is 46.3 Å². The predicted molar refractivity (Wildman–Crippen MR) is 145 cm³/mol. The smallest absolute Gasteiger partial charge is 0.321 e. The Morgan fingerprint density at radius 3 is 2.30 bits per heavy atom. The number of hydrogen-bond donors (Lipinski definition) is 2. The van der Waals surface area contributed by atoms with Gasteiger partial charge in [0.15, 0.2) is 0 Å². The van der Waals surface area contributed by atoms with Crippen molar-refractivity contribution in [3.63, 3.8) is 0 Å². The first kappa shape index (κ1) is 26.9. The fraction of sp³-hybridized carbons (Fsp3) is 0.333. The van der Waals surface area contributed by atoms with Gasteiger partial charge in [-0.15, -0.1) is 11.8 Å². The lowest BCUT2D eigenvalue weighted by Gasteiger charge is -2.37. The molecule has 1 aliphatic carbocycles. The molecule has 0 radical (unpaired) electrons. The molecular weight excluding hydrogens is 487 g/mol. The van der Waals surface area contributed by atoms with Gasteiger partial charge in [0.1, 0.15) is 11.9 Å². The van der Waals surface area contributed by atoms with Crippen molar-refractivity contribution in [2.75, 3.05) is 7.05 Å². The van der Waals surface area contributed by atoms with Gasteiger partial charge in [0.05, 0.1) is 0 Å². The fourth-order valence-electron chi connectivity index (χ4n) is 4.80. The number of benzene rings is 3. The van der Waals surface area contributed by atoms with Gasteiger partial charge in [0.25, 0.3) is 5.91 Å². The molecule has 4 rings (SSSR count). The van der Waals surface area contributed by atoms with Crippen molar-refractivity contribution in [1.29, 1.82) is 0 Å². The molecule has 0 aliphatic heterocycles. The number of carboxylic acid groups (broad SMARTS) is 1. The van der Waals surface area contributed by atoms with Crippen molar-refractivity contribution >= 4 is 23.6 Å². The van der Waals surface area contributed by atoms with Crippen LogP contribution in [0.4, 0.5) is 4.39 Å². The molecule has 3 atom stereocenters. The van der Waals surface area contributed by atoms with Gasteiger partial charge < -0.3 is 15.3 Å². The summed E-state index contributed by atoms with van der Waals surface area (Å²) < 4.78 is 13.1. The Bertz CT molecular complexity index is 1170. The Morgan fingerprint density at radius 2 is 1.62 bits per heavy atom. The summed E-state index contributed by atoms with van der Waals surface area (Å²) in [5.74, 6) is -1.30. The van der Waals surface area contributed by atoms with Crippen LogP contribution in [0.3, 0.4) is 0 Å². The summed E-state index contributed by atoms with van der Waals surface area (Å²) in [5.41, 5.74) is 2.24. The molecule has 0 bridgehead atoms. The molecule has 3 aromatic rings. The van der Waals surface area contributed by atoms with Crippen molar-refractivity contribution in [1.82, 2.24) is 10.2 Å². The summed E-state index contributed by atoms with van der Waals surface area (Å²) in [7, 11) is 1.89.